The maximum atomic E-state index is 4.52. The molecular weight excluding hydrogens is 240 g/mol. The van der Waals surface area contributed by atoms with Gasteiger partial charge in [-0.05, 0) is 11.8 Å². The lowest BCUT2D eigenvalue weighted by Gasteiger charge is -2.25. The molecule has 0 aromatic carbocycles. The van der Waals surface area contributed by atoms with Crippen LogP contribution in [0.1, 0.15) is 6.42 Å². The van der Waals surface area contributed by atoms with E-state index in [2.05, 4.69) is 25.6 Å². The predicted molar refractivity (Wildman–Crippen MR) is 72.1 cm³/mol. The van der Waals surface area contributed by atoms with Crippen LogP contribution in [-0.2, 0) is 0 Å². The van der Waals surface area contributed by atoms with E-state index < -0.39 is 0 Å². The molecule has 0 saturated heterocycles. The van der Waals surface area contributed by atoms with Crippen molar-refractivity contribution in [2.75, 3.05) is 31.9 Å². The van der Waals surface area contributed by atoms with Crippen LogP contribution in [0, 0.1) is 0 Å². The summed E-state index contributed by atoms with van der Waals surface area (Å²) in [4.78, 5) is 11.3. The highest BCUT2D eigenvalue weighted by Gasteiger charge is 2.24. The molecule has 1 N–H and O–H groups in total. The number of hydrogen-bond donors (Lipinski definition) is 1. The number of hydrogen-bond acceptors (Lipinski definition) is 6. The summed E-state index contributed by atoms with van der Waals surface area (Å²) in [5, 5.41) is 7.79. The second-order valence-electron chi connectivity index (χ2n) is 3.80. The molecule has 16 heavy (non-hydrogen) atoms. The summed E-state index contributed by atoms with van der Waals surface area (Å²) in [6.07, 6.45) is 1.17. The number of thioether (sulfide) groups is 2. The Morgan fingerprint density at radius 1 is 1.44 bits per heavy atom. The zero-order valence-corrected chi connectivity index (χ0v) is 10.6. The van der Waals surface area contributed by atoms with Crippen LogP contribution >= 0.6 is 23.5 Å². The summed E-state index contributed by atoms with van der Waals surface area (Å²) in [7, 11) is 0. The van der Waals surface area contributed by atoms with Gasteiger partial charge in [0.15, 0.2) is 10.3 Å². The standard InChI is InChI=1S/C10H14N4S2/c1-2-13-10-14(5-1)8(7-16-10)6-15-9-11-3-4-12-9/h7H,1-6H2,(H,11,12). The molecule has 0 unspecified atom stereocenters. The van der Waals surface area contributed by atoms with Gasteiger partial charge in [-0.1, -0.05) is 23.5 Å². The molecule has 0 fully saturated rings. The van der Waals surface area contributed by atoms with Crippen LogP contribution in [0.3, 0.4) is 0 Å². The van der Waals surface area contributed by atoms with Crippen molar-refractivity contribution >= 4 is 33.9 Å². The molecule has 4 nitrogen and oxygen atoms in total. The summed E-state index contributed by atoms with van der Waals surface area (Å²) in [5.41, 5.74) is 1.38. The number of amidine groups is 2. The second-order valence-corrected chi connectivity index (χ2v) is 5.60. The molecule has 0 bridgehead atoms. The van der Waals surface area contributed by atoms with Gasteiger partial charge in [0.05, 0.1) is 6.54 Å². The van der Waals surface area contributed by atoms with E-state index in [4.69, 9.17) is 0 Å². The number of aliphatic imine (C=N–C) groups is 2. The van der Waals surface area contributed by atoms with E-state index in [1.807, 2.05) is 0 Å². The van der Waals surface area contributed by atoms with Crippen LogP contribution in [0.25, 0.3) is 0 Å². The molecule has 3 heterocycles. The van der Waals surface area contributed by atoms with Crippen molar-refractivity contribution in [1.29, 1.82) is 0 Å². The first kappa shape index (κ1) is 10.5. The van der Waals surface area contributed by atoms with Gasteiger partial charge in [-0.3, -0.25) is 9.98 Å². The summed E-state index contributed by atoms with van der Waals surface area (Å²) in [6.45, 7) is 4.03. The molecule has 0 amide bonds. The van der Waals surface area contributed by atoms with Crippen molar-refractivity contribution in [3.8, 4) is 0 Å². The maximum absolute atomic E-state index is 4.52. The topological polar surface area (TPSA) is 40.0 Å². The Morgan fingerprint density at radius 2 is 2.44 bits per heavy atom. The fourth-order valence-electron chi connectivity index (χ4n) is 1.86. The van der Waals surface area contributed by atoms with E-state index in [0.717, 1.165) is 37.1 Å². The first-order chi connectivity index (χ1) is 7.93. The van der Waals surface area contributed by atoms with Crippen molar-refractivity contribution in [3.05, 3.63) is 11.1 Å². The summed E-state index contributed by atoms with van der Waals surface area (Å²) in [5.74, 6) is 0.998. The molecule has 3 rings (SSSR count). The van der Waals surface area contributed by atoms with Crippen LogP contribution in [0.5, 0.6) is 0 Å². The number of nitrogens with zero attached hydrogens (tertiary/aromatic N) is 3. The van der Waals surface area contributed by atoms with Crippen LogP contribution in [0.4, 0.5) is 0 Å². The minimum atomic E-state index is 0.923. The predicted octanol–water partition coefficient (Wildman–Crippen LogP) is 1.33. The molecular formula is C10H14N4S2. The highest BCUT2D eigenvalue weighted by atomic mass is 32.2. The maximum Gasteiger partial charge on any atom is 0.167 e. The first-order valence-corrected chi connectivity index (χ1v) is 7.39. The van der Waals surface area contributed by atoms with Crippen LogP contribution in [0.2, 0.25) is 0 Å². The Balaban J connectivity index is 1.59. The highest BCUT2D eigenvalue weighted by molar-refractivity contribution is 8.17. The van der Waals surface area contributed by atoms with Gasteiger partial charge in [0, 0.05) is 31.1 Å². The van der Waals surface area contributed by atoms with Gasteiger partial charge in [0.2, 0.25) is 0 Å². The lowest BCUT2D eigenvalue weighted by molar-refractivity contribution is 0.491. The van der Waals surface area contributed by atoms with Crippen molar-refractivity contribution < 1.29 is 0 Å². The molecule has 0 spiro atoms. The van der Waals surface area contributed by atoms with Gasteiger partial charge < -0.3 is 10.2 Å². The largest absolute Gasteiger partial charge is 0.363 e. The normalized spacial score (nSPS) is 23.5. The zero-order chi connectivity index (χ0) is 10.8. The molecule has 3 aliphatic rings. The molecule has 3 aliphatic heterocycles. The molecule has 0 saturated carbocycles. The summed E-state index contributed by atoms with van der Waals surface area (Å²) in [6, 6.07) is 0. The Hall–Kier alpha value is -0.620. The molecule has 0 atom stereocenters. The highest BCUT2D eigenvalue weighted by Crippen LogP contribution is 2.30. The molecule has 86 valence electrons. The van der Waals surface area contributed by atoms with Crippen molar-refractivity contribution in [1.82, 2.24) is 10.2 Å². The fourth-order valence-corrected chi connectivity index (χ4v) is 3.83. The molecule has 0 aliphatic carbocycles. The Labute approximate surface area is 104 Å². The van der Waals surface area contributed by atoms with Gasteiger partial charge in [-0.25, -0.2) is 0 Å². The lowest BCUT2D eigenvalue weighted by Crippen LogP contribution is -2.30. The first-order valence-electron chi connectivity index (χ1n) is 5.52. The van der Waals surface area contributed by atoms with Crippen LogP contribution in [0.15, 0.2) is 21.1 Å². The Bertz CT molecular complexity index is 375. The minimum absolute atomic E-state index is 0.923. The van der Waals surface area contributed by atoms with Gasteiger partial charge in [0.25, 0.3) is 0 Å². The monoisotopic (exact) mass is 254 g/mol. The molecule has 0 radical (unpaired) electrons. The van der Waals surface area contributed by atoms with Crippen LogP contribution in [-0.4, -0.2) is 47.2 Å². The van der Waals surface area contributed by atoms with Gasteiger partial charge in [-0.15, -0.1) is 0 Å². The van der Waals surface area contributed by atoms with Crippen molar-refractivity contribution in [2.45, 2.75) is 6.42 Å². The quantitative estimate of drug-likeness (QED) is 0.807. The third-order valence-corrected chi connectivity index (χ3v) is 4.60. The third-order valence-electron chi connectivity index (χ3n) is 2.67. The number of rotatable bonds is 2. The van der Waals surface area contributed by atoms with Crippen LogP contribution < -0.4 is 5.32 Å². The Kier molecular flexibility index (Phi) is 3.10. The SMILES string of the molecule is C1=C(CSC2=NCCN2)N2CCCN=C2S1. The molecule has 0 aromatic rings. The average molecular weight is 254 g/mol. The minimum Gasteiger partial charge on any atom is -0.363 e. The van der Waals surface area contributed by atoms with E-state index in [1.54, 1.807) is 23.5 Å². The van der Waals surface area contributed by atoms with Gasteiger partial charge >= 0.3 is 0 Å². The third kappa shape index (κ3) is 2.08. The van der Waals surface area contributed by atoms with E-state index in [-0.39, 0.29) is 0 Å². The van der Waals surface area contributed by atoms with Crippen molar-refractivity contribution in [3.63, 3.8) is 0 Å². The fraction of sp³-hybridized carbons (Fsp3) is 0.600. The summed E-state index contributed by atoms with van der Waals surface area (Å²) < 4.78 is 0. The van der Waals surface area contributed by atoms with E-state index in [0.29, 0.717) is 0 Å². The number of fused-ring (bicyclic) bond motifs is 1. The van der Waals surface area contributed by atoms with E-state index in [9.17, 15) is 0 Å². The lowest BCUT2D eigenvalue weighted by atomic mass is 10.3. The van der Waals surface area contributed by atoms with Crippen molar-refractivity contribution in [2.24, 2.45) is 9.98 Å². The van der Waals surface area contributed by atoms with Gasteiger partial charge in [-0.2, -0.15) is 0 Å². The smallest absolute Gasteiger partial charge is 0.167 e. The van der Waals surface area contributed by atoms with E-state index in [1.165, 1.54) is 17.3 Å². The zero-order valence-electron chi connectivity index (χ0n) is 8.98. The second kappa shape index (κ2) is 4.71. The van der Waals surface area contributed by atoms with Gasteiger partial charge in [0.1, 0.15) is 0 Å². The summed E-state index contributed by atoms with van der Waals surface area (Å²) >= 11 is 3.55. The molecule has 6 heteroatoms. The van der Waals surface area contributed by atoms with E-state index >= 15 is 0 Å². The number of nitrogens with one attached hydrogen (secondary N) is 1. The average Bonchev–Trinajstić information content (AvgIpc) is 2.96. The Morgan fingerprint density at radius 3 is 3.31 bits per heavy atom. The molecule has 0 aromatic heterocycles.